The van der Waals surface area contributed by atoms with Crippen molar-refractivity contribution in [2.75, 3.05) is 13.1 Å². The molecule has 66 heavy (non-hydrogen) atoms. The van der Waals surface area contributed by atoms with Gasteiger partial charge in [0.1, 0.15) is 23.3 Å². The number of hydrogen-bond donors (Lipinski definition) is 4. The highest BCUT2D eigenvalue weighted by Gasteiger charge is 2.45. The van der Waals surface area contributed by atoms with E-state index in [1.54, 1.807) is 0 Å². The molecular formula is C54H98N12. The van der Waals surface area contributed by atoms with Gasteiger partial charge in [0.05, 0.1) is 0 Å². The number of nitrogens with two attached hydrogens (primary N) is 2. The van der Waals surface area contributed by atoms with Gasteiger partial charge in [-0.2, -0.15) is 0 Å². The Hall–Kier alpha value is -3.00. The van der Waals surface area contributed by atoms with Gasteiger partial charge in [-0.05, 0) is 171 Å². The molecule has 0 saturated carbocycles. The SMILES string of the molecule is C=CCCCCC1=NC(N(CCCCCCN(C2CC(C)(C)NC(C)(C)C2)C2N=C(CCCCC=C)N=C(CCCCC=C)N2N)C2CC(C)(C)NC(C)(C)C2)N(N)C(CCCCC=C)=N1. The molecule has 0 aromatic heterocycles. The molecule has 0 radical (unpaired) electrons. The number of rotatable bonds is 31. The summed E-state index contributed by atoms with van der Waals surface area (Å²) in [4.78, 5) is 26.3. The van der Waals surface area contributed by atoms with Crippen LogP contribution in [0.15, 0.2) is 70.6 Å². The van der Waals surface area contributed by atoms with Crippen LogP contribution in [0.4, 0.5) is 0 Å². The van der Waals surface area contributed by atoms with Crippen molar-refractivity contribution in [3.05, 3.63) is 50.6 Å². The van der Waals surface area contributed by atoms with Crippen molar-refractivity contribution in [2.45, 2.75) is 256 Å². The third-order valence-corrected chi connectivity index (χ3v) is 13.8. The van der Waals surface area contributed by atoms with Crippen LogP contribution in [-0.4, -0.2) is 103 Å². The maximum Gasteiger partial charge on any atom is 0.195 e. The summed E-state index contributed by atoms with van der Waals surface area (Å²) in [5.41, 5.74) is -0.0598. The second-order valence-corrected chi connectivity index (χ2v) is 22.6. The monoisotopic (exact) mass is 915 g/mol. The second kappa shape index (κ2) is 26.7. The number of nitrogens with one attached hydrogen (secondary N) is 2. The largest absolute Gasteiger partial charge is 0.307 e. The maximum atomic E-state index is 7.15. The highest BCUT2D eigenvalue weighted by atomic mass is 15.6. The van der Waals surface area contributed by atoms with E-state index >= 15 is 0 Å². The van der Waals surface area contributed by atoms with Gasteiger partial charge in [0.25, 0.3) is 0 Å². The van der Waals surface area contributed by atoms with E-state index in [0.29, 0.717) is 12.1 Å². The number of amidine groups is 4. The van der Waals surface area contributed by atoms with Gasteiger partial charge < -0.3 is 10.6 Å². The number of piperidine rings is 2. The molecule has 12 heteroatoms. The van der Waals surface area contributed by atoms with E-state index in [-0.39, 0.29) is 34.7 Å². The molecule has 4 aliphatic heterocycles. The molecule has 2 saturated heterocycles. The maximum absolute atomic E-state index is 7.15. The van der Waals surface area contributed by atoms with E-state index in [1.165, 1.54) is 0 Å². The number of nitrogens with zero attached hydrogens (tertiary/aromatic N) is 8. The molecule has 0 aromatic rings. The molecule has 374 valence electrons. The molecule has 0 amide bonds. The predicted molar refractivity (Wildman–Crippen MR) is 285 cm³/mol. The summed E-state index contributed by atoms with van der Waals surface area (Å²) in [6.07, 6.45) is 31.9. The van der Waals surface area contributed by atoms with Crippen molar-refractivity contribution in [3.8, 4) is 0 Å². The molecular weight excluding hydrogens is 817 g/mol. The van der Waals surface area contributed by atoms with Crippen LogP contribution in [0.3, 0.4) is 0 Å². The smallest absolute Gasteiger partial charge is 0.195 e. The average Bonchev–Trinajstić information content (AvgIpc) is 3.22. The lowest BCUT2D eigenvalue weighted by Crippen LogP contribution is -2.66. The minimum atomic E-state index is -0.276. The van der Waals surface area contributed by atoms with E-state index < -0.39 is 0 Å². The lowest BCUT2D eigenvalue weighted by molar-refractivity contribution is -0.00431. The highest BCUT2D eigenvalue weighted by Crippen LogP contribution is 2.36. The summed E-state index contributed by atoms with van der Waals surface area (Å²) in [6, 6.07) is 0.636. The number of unbranched alkanes of at least 4 members (excludes halogenated alkanes) is 11. The number of aliphatic imine (C=N–C) groups is 4. The first-order chi connectivity index (χ1) is 31.3. The van der Waals surface area contributed by atoms with E-state index in [0.717, 1.165) is 191 Å². The van der Waals surface area contributed by atoms with Crippen LogP contribution in [0, 0.1) is 0 Å². The minimum absolute atomic E-state index is 0.0150. The first-order valence-corrected chi connectivity index (χ1v) is 26.2. The van der Waals surface area contributed by atoms with Crippen LogP contribution in [0.1, 0.15) is 209 Å². The van der Waals surface area contributed by atoms with Crippen LogP contribution < -0.4 is 22.3 Å². The standard InChI is InChI=1S/C54H98N12/c1-13-17-21-27-33-45-57-47(35-29-23-19-15-3)65(55)49(59-45)63(43-39-51(5,6)61-52(7,8)40-43)37-31-25-26-32-38-64(44-41-53(9,10)62-54(11,12)42-44)50-60-46(34-28-22-18-14-2)58-48(66(50)56)36-30-24-20-16-4/h13-16,43-44,49-50,61-62H,1-4,17-42,55-56H2,5-12H3. The zero-order valence-electron chi connectivity index (χ0n) is 43.6. The van der Waals surface area contributed by atoms with E-state index in [9.17, 15) is 0 Å². The van der Waals surface area contributed by atoms with Gasteiger partial charge in [0, 0.05) is 73.0 Å². The third kappa shape index (κ3) is 18.1. The summed E-state index contributed by atoms with van der Waals surface area (Å²) in [6.45, 7) is 36.4. The second-order valence-electron chi connectivity index (χ2n) is 22.6. The van der Waals surface area contributed by atoms with Crippen molar-refractivity contribution in [2.24, 2.45) is 31.7 Å². The average molecular weight is 915 g/mol. The fourth-order valence-electron chi connectivity index (χ4n) is 11.4. The lowest BCUT2D eigenvalue weighted by Gasteiger charge is -2.52. The Morgan fingerprint density at radius 3 is 1.09 bits per heavy atom. The molecule has 0 spiro atoms. The first kappa shape index (κ1) is 55.6. The van der Waals surface area contributed by atoms with Crippen molar-refractivity contribution in [3.63, 3.8) is 0 Å². The van der Waals surface area contributed by atoms with Gasteiger partial charge in [-0.25, -0.2) is 31.7 Å². The van der Waals surface area contributed by atoms with Gasteiger partial charge in [0.15, 0.2) is 12.6 Å². The fourth-order valence-corrected chi connectivity index (χ4v) is 11.4. The van der Waals surface area contributed by atoms with E-state index in [1.807, 2.05) is 34.3 Å². The number of allylic oxidation sites excluding steroid dienone is 4. The van der Waals surface area contributed by atoms with Crippen molar-refractivity contribution < 1.29 is 0 Å². The van der Waals surface area contributed by atoms with Crippen LogP contribution >= 0.6 is 0 Å². The Morgan fingerprint density at radius 2 is 0.788 bits per heavy atom. The summed E-state index contributed by atoms with van der Waals surface area (Å²) >= 11 is 0. The molecule has 12 nitrogen and oxygen atoms in total. The Labute approximate surface area is 404 Å². The quantitative estimate of drug-likeness (QED) is 0.0306. The molecule has 4 aliphatic rings. The fraction of sp³-hybridized carbons (Fsp3) is 0.778. The molecule has 0 bridgehead atoms. The van der Waals surface area contributed by atoms with Gasteiger partial charge >= 0.3 is 0 Å². The zero-order valence-corrected chi connectivity index (χ0v) is 43.6. The van der Waals surface area contributed by atoms with Crippen LogP contribution in [0.5, 0.6) is 0 Å². The normalized spacial score (nSPS) is 23.0. The zero-order chi connectivity index (χ0) is 48.4. The number of hydrazine groups is 2. The van der Waals surface area contributed by atoms with Crippen molar-refractivity contribution in [1.29, 1.82) is 0 Å². The molecule has 2 atom stereocenters. The van der Waals surface area contributed by atoms with Gasteiger partial charge in [0.2, 0.25) is 0 Å². The van der Waals surface area contributed by atoms with Crippen molar-refractivity contribution in [1.82, 2.24) is 30.5 Å². The van der Waals surface area contributed by atoms with Gasteiger partial charge in [-0.3, -0.25) is 19.8 Å². The topological polar surface area (TPSA) is 138 Å². The van der Waals surface area contributed by atoms with Crippen LogP contribution in [-0.2, 0) is 0 Å². The molecule has 4 rings (SSSR count). The third-order valence-electron chi connectivity index (χ3n) is 13.8. The van der Waals surface area contributed by atoms with Crippen molar-refractivity contribution >= 4 is 23.3 Å². The summed E-state index contributed by atoms with van der Waals surface area (Å²) < 4.78 is 0. The Morgan fingerprint density at radius 1 is 0.485 bits per heavy atom. The minimum Gasteiger partial charge on any atom is -0.307 e. The lowest BCUT2D eigenvalue weighted by atomic mass is 9.79. The van der Waals surface area contributed by atoms with Gasteiger partial charge in [-0.1, -0.05) is 37.1 Å². The summed E-state index contributed by atoms with van der Waals surface area (Å²) in [7, 11) is 0. The molecule has 0 aliphatic carbocycles. The van der Waals surface area contributed by atoms with Crippen LogP contribution in [0.25, 0.3) is 0 Å². The van der Waals surface area contributed by atoms with E-state index in [4.69, 9.17) is 31.7 Å². The molecule has 0 aromatic carbocycles. The van der Waals surface area contributed by atoms with E-state index in [2.05, 4.69) is 102 Å². The Bertz CT molecular complexity index is 1500. The molecule has 4 heterocycles. The summed E-state index contributed by atoms with van der Waals surface area (Å²) in [5.74, 6) is 18.1. The predicted octanol–water partition coefficient (Wildman–Crippen LogP) is 11.3. The first-order valence-electron chi connectivity index (χ1n) is 26.2. The van der Waals surface area contributed by atoms with Crippen LogP contribution in [0.2, 0.25) is 0 Å². The Kier molecular flexibility index (Phi) is 22.5. The molecule has 2 fully saturated rings. The highest BCUT2D eigenvalue weighted by molar-refractivity contribution is 5.99. The Balaban J connectivity index is 1.56. The molecule has 2 unspecified atom stereocenters. The summed E-state index contributed by atoms with van der Waals surface area (Å²) in [5, 5.41) is 11.7. The molecule has 6 N–H and O–H groups in total. The number of hydrogen-bond acceptors (Lipinski definition) is 12. The van der Waals surface area contributed by atoms with Gasteiger partial charge in [-0.15, -0.1) is 26.3 Å².